The number of benzene rings is 3. The maximum Gasteiger partial charge on any atom is 0.407 e. The van der Waals surface area contributed by atoms with E-state index in [0.29, 0.717) is 26.1 Å². The van der Waals surface area contributed by atoms with Gasteiger partial charge in [-0.25, -0.2) is 9.59 Å². The first kappa shape index (κ1) is 44.4. The van der Waals surface area contributed by atoms with E-state index in [0.717, 1.165) is 32.8 Å². The highest BCUT2D eigenvalue weighted by molar-refractivity contribution is 5.89. The number of pyridine rings is 1. The average Bonchev–Trinajstić information content (AvgIpc) is 3.52. The molecule has 1 aliphatic heterocycles. The largest absolute Gasteiger partial charge is 0.465 e. The normalized spacial score (nSPS) is 15.8. The Labute approximate surface area is 348 Å². The zero-order valence-electron chi connectivity index (χ0n) is 35.3. The molecule has 12 nitrogen and oxygen atoms in total. The summed E-state index contributed by atoms with van der Waals surface area (Å²) >= 11 is 0. The Morgan fingerprint density at radius 2 is 1.34 bits per heavy atom. The lowest BCUT2D eigenvalue weighted by Gasteiger charge is -2.38. The molecule has 5 rings (SSSR count). The average molecular weight is 805 g/mol. The first-order chi connectivity index (χ1) is 27.9. The summed E-state index contributed by atoms with van der Waals surface area (Å²) in [6.45, 7) is 12.5. The topological polar surface area (TPSA) is 155 Å². The summed E-state index contributed by atoms with van der Waals surface area (Å²) in [7, 11) is 1.38. The summed E-state index contributed by atoms with van der Waals surface area (Å²) < 4.78 is 0. The molecule has 4 aromatic rings. The summed E-state index contributed by atoms with van der Waals surface area (Å²) in [6, 6.07) is 29.2. The molecule has 2 heterocycles. The number of carbonyl (C=O) groups is 4. The van der Waals surface area contributed by atoms with Crippen LogP contribution in [0.4, 0.5) is 9.59 Å². The molecular formula is C47H60N6O6. The van der Waals surface area contributed by atoms with Gasteiger partial charge in [0.15, 0.2) is 0 Å². The number of carboxylic acid groups (broad SMARTS) is 1. The highest BCUT2D eigenvalue weighted by atomic mass is 16.4. The van der Waals surface area contributed by atoms with Gasteiger partial charge in [-0.15, -0.1) is 0 Å². The Morgan fingerprint density at radius 1 is 0.746 bits per heavy atom. The number of nitrogens with one attached hydrogen (secondary N) is 2. The van der Waals surface area contributed by atoms with Crippen LogP contribution < -0.4 is 10.6 Å². The monoisotopic (exact) mass is 804 g/mol. The number of carbonyl (C=O) groups excluding carboxylic acids is 3. The Balaban J connectivity index is 1.43. The van der Waals surface area contributed by atoms with E-state index in [4.69, 9.17) is 0 Å². The van der Waals surface area contributed by atoms with E-state index >= 15 is 0 Å². The van der Waals surface area contributed by atoms with Gasteiger partial charge in [-0.3, -0.25) is 19.5 Å². The van der Waals surface area contributed by atoms with Gasteiger partial charge in [-0.2, -0.15) is 0 Å². The van der Waals surface area contributed by atoms with Gasteiger partial charge in [0, 0.05) is 44.5 Å². The van der Waals surface area contributed by atoms with Crippen molar-refractivity contribution < 1.29 is 29.4 Å². The number of aromatic nitrogens is 1. The molecule has 12 heteroatoms. The zero-order valence-corrected chi connectivity index (χ0v) is 35.3. The Kier molecular flexibility index (Phi) is 14.5. The van der Waals surface area contributed by atoms with Crippen molar-refractivity contribution in [2.45, 2.75) is 97.6 Å². The first-order valence-electron chi connectivity index (χ1n) is 20.3. The van der Waals surface area contributed by atoms with Crippen molar-refractivity contribution in [3.8, 4) is 11.3 Å². The minimum atomic E-state index is -1.24. The lowest BCUT2D eigenvalue weighted by Crippen LogP contribution is -2.59. The second-order valence-electron chi connectivity index (χ2n) is 17.7. The van der Waals surface area contributed by atoms with Crippen molar-refractivity contribution in [1.29, 1.82) is 0 Å². The fraction of sp³-hybridized carbons (Fsp3) is 0.426. The van der Waals surface area contributed by atoms with E-state index in [2.05, 4.69) is 15.6 Å². The van der Waals surface area contributed by atoms with E-state index in [1.54, 1.807) is 36.8 Å². The predicted octanol–water partition coefficient (Wildman–Crippen LogP) is 6.63. The maximum absolute atomic E-state index is 14.6. The number of urea groups is 1. The van der Waals surface area contributed by atoms with Crippen molar-refractivity contribution in [3.63, 3.8) is 0 Å². The molecule has 0 radical (unpaired) electrons. The molecule has 1 fully saturated rings. The van der Waals surface area contributed by atoms with Gasteiger partial charge >= 0.3 is 12.1 Å². The number of amides is 5. The van der Waals surface area contributed by atoms with Crippen LogP contribution >= 0.6 is 0 Å². The molecule has 0 spiro atoms. The Morgan fingerprint density at radius 3 is 1.90 bits per heavy atom. The molecule has 1 saturated heterocycles. The third-order valence-electron chi connectivity index (χ3n) is 10.8. The summed E-state index contributed by atoms with van der Waals surface area (Å²) in [5.41, 5.74) is 3.10. The van der Waals surface area contributed by atoms with E-state index in [1.165, 1.54) is 7.05 Å². The molecule has 5 atom stereocenters. The second-order valence-corrected chi connectivity index (χ2v) is 17.7. The number of nitrogens with zero attached hydrogens (tertiary/aromatic N) is 4. The van der Waals surface area contributed by atoms with Crippen molar-refractivity contribution in [3.05, 3.63) is 126 Å². The molecular weight excluding hydrogens is 745 g/mol. The molecule has 314 valence electrons. The van der Waals surface area contributed by atoms with Crippen LogP contribution in [0.25, 0.3) is 11.3 Å². The number of aliphatic hydroxyl groups excluding tert-OH is 1. The van der Waals surface area contributed by atoms with Gasteiger partial charge in [0.05, 0.1) is 17.8 Å². The van der Waals surface area contributed by atoms with E-state index in [-0.39, 0.29) is 24.8 Å². The number of likely N-dealkylation sites (N-methyl/N-ethyl adjacent to an activating group) is 1. The van der Waals surface area contributed by atoms with Crippen LogP contribution in [0, 0.1) is 10.8 Å². The van der Waals surface area contributed by atoms with Gasteiger partial charge in [-0.1, -0.05) is 133 Å². The molecule has 0 aliphatic carbocycles. The quantitative estimate of drug-likeness (QED) is 0.0991. The minimum absolute atomic E-state index is 0.0346. The second kappa shape index (κ2) is 19.3. The predicted molar refractivity (Wildman–Crippen MR) is 229 cm³/mol. The van der Waals surface area contributed by atoms with Crippen LogP contribution in [-0.2, 0) is 29.0 Å². The van der Waals surface area contributed by atoms with Gasteiger partial charge < -0.3 is 30.6 Å². The third-order valence-corrected chi connectivity index (χ3v) is 10.8. The standard InChI is InChI=1S/C47H60N6O6/c1-46(2,3)40(51(7)45(58)59)42(55)49-36(28-33-21-23-35(24-22-33)37-20-14-15-25-48-37)30-39(54)38(29-32-16-10-8-11-17-32)50-43(56)41(47(4,5)6)53-27-26-52(44(53)57)31-34-18-12-9-13-19-34/h8-25,36,38-41,54H,26-31H2,1-7H3,(H,49,55)(H,50,56)(H,58,59)/t36-,38-,39-,40+,41+/m0/s1. The van der Waals surface area contributed by atoms with Crippen molar-refractivity contribution >= 4 is 23.9 Å². The fourth-order valence-electron chi connectivity index (χ4n) is 8.03. The Hall–Kier alpha value is -5.75. The van der Waals surface area contributed by atoms with Gasteiger partial charge in [0.2, 0.25) is 11.8 Å². The van der Waals surface area contributed by atoms with Crippen LogP contribution in [0.15, 0.2) is 109 Å². The van der Waals surface area contributed by atoms with Gasteiger partial charge in [0.1, 0.15) is 12.1 Å². The third kappa shape index (κ3) is 11.9. The molecule has 0 bridgehead atoms. The number of rotatable bonds is 16. The lowest BCUT2D eigenvalue weighted by molar-refractivity contribution is -0.131. The molecule has 59 heavy (non-hydrogen) atoms. The summed E-state index contributed by atoms with van der Waals surface area (Å²) in [5.74, 6) is -0.872. The van der Waals surface area contributed by atoms with Gasteiger partial charge in [-0.05, 0) is 58.9 Å². The van der Waals surface area contributed by atoms with Crippen LogP contribution in [0.2, 0.25) is 0 Å². The molecule has 4 N–H and O–H groups in total. The molecule has 1 aromatic heterocycles. The number of hydrogen-bond acceptors (Lipinski definition) is 6. The summed E-state index contributed by atoms with van der Waals surface area (Å²) in [5, 5.41) is 28.4. The first-order valence-corrected chi connectivity index (χ1v) is 20.3. The maximum atomic E-state index is 14.6. The highest BCUT2D eigenvalue weighted by Crippen LogP contribution is 2.30. The van der Waals surface area contributed by atoms with Crippen molar-refractivity contribution in [1.82, 2.24) is 30.3 Å². The Bertz CT molecular complexity index is 2000. The molecule has 0 unspecified atom stereocenters. The summed E-state index contributed by atoms with van der Waals surface area (Å²) in [6.07, 6.45) is -0.0343. The molecule has 1 aliphatic rings. The SMILES string of the molecule is CN(C(=O)O)[C@H](C(=O)N[C@@H](Cc1ccc(-c2ccccn2)cc1)C[C@H](O)[C@H](Cc1ccccc1)NC(=O)[C@@H](N1CCN(Cc2ccccc2)C1=O)C(C)(C)C)C(C)(C)C. The highest BCUT2D eigenvalue weighted by Gasteiger charge is 2.44. The van der Waals surface area contributed by atoms with E-state index in [9.17, 15) is 29.4 Å². The lowest BCUT2D eigenvalue weighted by atomic mass is 9.84. The smallest absolute Gasteiger partial charge is 0.407 e. The van der Waals surface area contributed by atoms with Crippen LogP contribution in [0.1, 0.15) is 64.7 Å². The molecule has 3 aromatic carbocycles. The van der Waals surface area contributed by atoms with Crippen LogP contribution in [0.5, 0.6) is 0 Å². The number of hydrogen-bond donors (Lipinski definition) is 4. The van der Waals surface area contributed by atoms with E-state index < -0.39 is 53.1 Å². The van der Waals surface area contributed by atoms with E-state index in [1.807, 2.05) is 124 Å². The summed E-state index contributed by atoms with van der Waals surface area (Å²) in [4.78, 5) is 63.5. The van der Waals surface area contributed by atoms with Gasteiger partial charge in [0.25, 0.3) is 0 Å². The minimum Gasteiger partial charge on any atom is -0.465 e. The van der Waals surface area contributed by atoms with Crippen molar-refractivity contribution in [2.75, 3.05) is 20.1 Å². The molecule has 5 amide bonds. The van der Waals surface area contributed by atoms with Crippen molar-refractivity contribution in [2.24, 2.45) is 10.8 Å². The fourth-order valence-corrected chi connectivity index (χ4v) is 8.03. The van der Waals surface area contributed by atoms with Crippen LogP contribution in [0.3, 0.4) is 0 Å². The number of aliphatic hydroxyl groups is 1. The zero-order chi connectivity index (χ0) is 42.9. The van der Waals surface area contributed by atoms with Crippen LogP contribution in [-0.4, -0.2) is 104 Å². The molecule has 0 saturated carbocycles.